The zero-order chi connectivity index (χ0) is 23.7. The Morgan fingerprint density at radius 3 is 2.41 bits per heavy atom. The quantitative estimate of drug-likeness (QED) is 0.490. The molecule has 0 atom stereocenters. The van der Waals surface area contributed by atoms with E-state index in [2.05, 4.69) is 4.98 Å². The molecule has 11 heteroatoms. The van der Waals surface area contributed by atoms with Crippen molar-refractivity contribution in [1.29, 1.82) is 0 Å². The van der Waals surface area contributed by atoms with Crippen LogP contribution in [-0.2, 0) is 37.7 Å². The number of ether oxygens (including phenoxy) is 1. The second kappa shape index (κ2) is 9.00. The summed E-state index contributed by atoms with van der Waals surface area (Å²) in [5.74, 6) is -0.224. The van der Waals surface area contributed by atoms with E-state index in [0.29, 0.717) is 29.0 Å². The molecule has 0 saturated carbocycles. The van der Waals surface area contributed by atoms with E-state index in [-0.39, 0.29) is 22.0 Å². The van der Waals surface area contributed by atoms with Gasteiger partial charge in [-0.25, -0.2) is 31.8 Å². The molecule has 32 heavy (non-hydrogen) atoms. The molecule has 0 amide bonds. The molecule has 0 radical (unpaired) electrons. The monoisotopic (exact) mass is 479 g/mol. The molecule has 2 aromatic carbocycles. The van der Waals surface area contributed by atoms with Gasteiger partial charge >= 0.3 is 5.97 Å². The lowest BCUT2D eigenvalue weighted by molar-refractivity contribution is 0.0457. The molecule has 0 fully saturated rings. The van der Waals surface area contributed by atoms with Crippen LogP contribution >= 0.6 is 0 Å². The highest BCUT2D eigenvalue weighted by Crippen LogP contribution is 2.22. The van der Waals surface area contributed by atoms with E-state index in [4.69, 9.17) is 9.88 Å². The molecule has 0 saturated heterocycles. The van der Waals surface area contributed by atoms with E-state index < -0.39 is 25.8 Å². The van der Waals surface area contributed by atoms with Crippen molar-refractivity contribution < 1.29 is 26.4 Å². The number of carbonyl (C=O) groups is 1. The minimum absolute atomic E-state index is 0.0285. The van der Waals surface area contributed by atoms with Gasteiger partial charge in [0.25, 0.3) is 0 Å². The van der Waals surface area contributed by atoms with E-state index in [0.717, 1.165) is 19.1 Å². The zero-order valence-corrected chi connectivity index (χ0v) is 19.7. The van der Waals surface area contributed by atoms with Crippen molar-refractivity contribution in [3.63, 3.8) is 0 Å². The van der Waals surface area contributed by atoms with E-state index in [9.17, 15) is 21.6 Å². The Labute approximate surface area is 187 Å². The van der Waals surface area contributed by atoms with Gasteiger partial charge in [0.15, 0.2) is 9.84 Å². The van der Waals surface area contributed by atoms with Crippen LogP contribution in [0.15, 0.2) is 46.2 Å². The van der Waals surface area contributed by atoms with Crippen LogP contribution in [-0.4, -0.2) is 38.6 Å². The summed E-state index contributed by atoms with van der Waals surface area (Å²) in [5.41, 5.74) is 1.86. The van der Waals surface area contributed by atoms with Gasteiger partial charge in [-0.2, -0.15) is 0 Å². The van der Waals surface area contributed by atoms with Gasteiger partial charge in [0, 0.05) is 12.8 Å². The van der Waals surface area contributed by atoms with Crippen molar-refractivity contribution in [2.45, 2.75) is 49.6 Å². The lowest BCUT2D eigenvalue weighted by atomic mass is 10.1. The maximum absolute atomic E-state index is 12.7. The first-order valence-electron chi connectivity index (χ1n) is 9.91. The van der Waals surface area contributed by atoms with Crippen LogP contribution in [0.3, 0.4) is 0 Å². The fourth-order valence-corrected chi connectivity index (χ4v) is 4.45. The number of esters is 1. The minimum Gasteiger partial charge on any atom is -0.454 e. The summed E-state index contributed by atoms with van der Waals surface area (Å²) in [6.07, 6.45) is 2.84. The summed E-state index contributed by atoms with van der Waals surface area (Å²) >= 11 is 0. The van der Waals surface area contributed by atoms with Gasteiger partial charge in [0.1, 0.15) is 12.4 Å². The Morgan fingerprint density at radius 1 is 1.09 bits per heavy atom. The van der Waals surface area contributed by atoms with Crippen LogP contribution < -0.4 is 5.14 Å². The molecule has 9 nitrogen and oxygen atoms in total. The second-order valence-electron chi connectivity index (χ2n) is 7.55. The predicted octanol–water partition coefficient (Wildman–Crippen LogP) is 2.55. The number of fused-ring (bicyclic) bond motifs is 1. The summed E-state index contributed by atoms with van der Waals surface area (Å²) < 4.78 is 54.3. The second-order valence-corrected chi connectivity index (χ2v) is 11.1. The number of hydrogen-bond acceptors (Lipinski definition) is 7. The molecule has 0 unspecified atom stereocenters. The summed E-state index contributed by atoms with van der Waals surface area (Å²) in [5, 5.41) is 5.22. The molecule has 0 spiro atoms. The van der Waals surface area contributed by atoms with Crippen LogP contribution in [0.4, 0.5) is 0 Å². The van der Waals surface area contributed by atoms with Gasteiger partial charge < -0.3 is 9.30 Å². The molecule has 0 bridgehead atoms. The number of aryl methyl sites for hydroxylation is 2. The van der Waals surface area contributed by atoms with Crippen LogP contribution in [0, 0.1) is 6.92 Å². The smallest absolute Gasteiger partial charge is 0.338 e. The number of sulfonamides is 1. The average molecular weight is 480 g/mol. The molecule has 3 aromatic rings. The van der Waals surface area contributed by atoms with Crippen molar-refractivity contribution in [3.05, 3.63) is 53.3 Å². The van der Waals surface area contributed by atoms with Gasteiger partial charge in [0.2, 0.25) is 10.0 Å². The van der Waals surface area contributed by atoms with E-state index in [1.807, 2.05) is 11.5 Å². The number of primary sulfonamides is 1. The van der Waals surface area contributed by atoms with Crippen LogP contribution in [0.5, 0.6) is 0 Å². The molecular formula is C21H25N3O6S2. The molecule has 0 aliphatic heterocycles. The maximum Gasteiger partial charge on any atom is 0.338 e. The number of imidazole rings is 1. The van der Waals surface area contributed by atoms with Crippen LogP contribution in [0.1, 0.15) is 41.5 Å². The molecule has 0 aliphatic rings. The standard InChI is InChI=1S/C21H25N3O6S2/c1-4-5-10-24-19-9-8-16(32(22,28)29)12-18(19)23-20(24)13-30-21(25)17-11-15(31(3,26)27)7-6-14(17)2/h6-9,11-12H,4-5,10,13H2,1-3H3,(H2,22,28,29). The van der Waals surface area contributed by atoms with Crippen LogP contribution in [0.25, 0.3) is 11.0 Å². The first kappa shape index (κ1) is 23.9. The summed E-state index contributed by atoms with van der Waals surface area (Å²) in [7, 11) is -7.36. The van der Waals surface area contributed by atoms with E-state index in [1.54, 1.807) is 19.1 Å². The van der Waals surface area contributed by atoms with Crippen molar-refractivity contribution >= 4 is 36.9 Å². The molecule has 172 valence electrons. The number of nitrogens with two attached hydrogens (primary N) is 1. The number of carbonyl (C=O) groups excluding carboxylic acids is 1. The number of rotatable bonds is 8. The fourth-order valence-electron chi connectivity index (χ4n) is 3.27. The SMILES string of the molecule is CCCCn1c(COC(=O)c2cc(S(C)(=O)=O)ccc2C)nc2cc(S(N)(=O)=O)ccc21. The third kappa shape index (κ3) is 5.17. The van der Waals surface area contributed by atoms with Gasteiger partial charge in [-0.15, -0.1) is 0 Å². The molecule has 0 aliphatic carbocycles. The van der Waals surface area contributed by atoms with E-state index in [1.165, 1.54) is 24.3 Å². The molecule has 1 heterocycles. The van der Waals surface area contributed by atoms with Gasteiger partial charge in [-0.05, 0) is 49.2 Å². The Balaban J connectivity index is 1.93. The minimum atomic E-state index is -3.88. The predicted molar refractivity (Wildman–Crippen MR) is 119 cm³/mol. The Kier molecular flexibility index (Phi) is 6.72. The normalized spacial score (nSPS) is 12.2. The van der Waals surface area contributed by atoms with Gasteiger partial charge in [0.05, 0.1) is 26.4 Å². The highest BCUT2D eigenvalue weighted by Gasteiger charge is 2.19. The number of unbranched alkanes of at least 4 members (excludes halogenated alkanes) is 1. The molecule has 3 rings (SSSR count). The van der Waals surface area contributed by atoms with E-state index >= 15 is 0 Å². The van der Waals surface area contributed by atoms with Crippen molar-refractivity contribution in [2.24, 2.45) is 5.14 Å². The van der Waals surface area contributed by atoms with Gasteiger partial charge in [-0.3, -0.25) is 0 Å². The van der Waals surface area contributed by atoms with Crippen molar-refractivity contribution in [2.75, 3.05) is 6.26 Å². The third-order valence-electron chi connectivity index (χ3n) is 5.05. The first-order valence-corrected chi connectivity index (χ1v) is 13.4. The molecular weight excluding hydrogens is 454 g/mol. The summed E-state index contributed by atoms with van der Waals surface area (Å²) in [4.78, 5) is 17.1. The largest absolute Gasteiger partial charge is 0.454 e. The molecule has 2 N–H and O–H groups in total. The van der Waals surface area contributed by atoms with Crippen LogP contribution in [0.2, 0.25) is 0 Å². The van der Waals surface area contributed by atoms with Crippen molar-refractivity contribution in [3.8, 4) is 0 Å². The topological polar surface area (TPSA) is 138 Å². The Bertz CT molecular complexity index is 1390. The number of aromatic nitrogens is 2. The number of nitrogens with zero attached hydrogens (tertiary/aromatic N) is 2. The first-order chi connectivity index (χ1) is 14.9. The van der Waals surface area contributed by atoms with Gasteiger partial charge in [-0.1, -0.05) is 19.4 Å². The number of benzene rings is 2. The highest BCUT2D eigenvalue weighted by atomic mass is 32.2. The molecule has 1 aromatic heterocycles. The summed E-state index contributed by atoms with van der Waals surface area (Å²) in [6, 6.07) is 8.72. The average Bonchev–Trinajstić information content (AvgIpc) is 3.05. The van der Waals surface area contributed by atoms with Crippen molar-refractivity contribution in [1.82, 2.24) is 9.55 Å². The third-order valence-corrected chi connectivity index (χ3v) is 7.07. The number of hydrogen-bond donors (Lipinski definition) is 1. The lowest BCUT2D eigenvalue weighted by Gasteiger charge is -2.11. The zero-order valence-electron chi connectivity index (χ0n) is 18.0. The lowest BCUT2D eigenvalue weighted by Crippen LogP contribution is -2.12. The Morgan fingerprint density at radius 2 is 1.78 bits per heavy atom. The number of sulfone groups is 1. The summed E-state index contributed by atoms with van der Waals surface area (Å²) in [6.45, 7) is 4.17. The fraction of sp³-hybridized carbons (Fsp3) is 0.333. The Hall–Kier alpha value is -2.76. The highest BCUT2D eigenvalue weighted by molar-refractivity contribution is 7.90. The maximum atomic E-state index is 12.7.